The molecule has 0 unspecified atom stereocenters. The number of hydrogen-bond acceptors (Lipinski definition) is 3. The van der Waals surface area contributed by atoms with Gasteiger partial charge in [0.2, 0.25) is 0 Å². The summed E-state index contributed by atoms with van der Waals surface area (Å²) in [6, 6.07) is 12.5. The summed E-state index contributed by atoms with van der Waals surface area (Å²) >= 11 is 5.78. The van der Waals surface area contributed by atoms with E-state index in [2.05, 4.69) is 5.32 Å². The number of rotatable bonds is 4. The van der Waals surface area contributed by atoms with Crippen molar-refractivity contribution in [3.05, 3.63) is 64.9 Å². The van der Waals surface area contributed by atoms with Crippen LogP contribution >= 0.6 is 11.6 Å². The fraction of sp³-hybridized carbons (Fsp3) is 0.125. The number of para-hydroxylation sites is 1. The fourth-order valence-electron chi connectivity index (χ4n) is 1.73. The van der Waals surface area contributed by atoms with E-state index in [9.17, 15) is 14.0 Å². The highest BCUT2D eigenvalue weighted by molar-refractivity contribution is 6.33. The van der Waals surface area contributed by atoms with E-state index in [0.717, 1.165) is 6.07 Å². The third kappa shape index (κ3) is 3.83. The molecular formula is C16H13ClFNO3. The fourth-order valence-corrected chi connectivity index (χ4v) is 1.97. The maximum atomic E-state index is 13.6. The lowest BCUT2D eigenvalue weighted by Gasteiger charge is -2.14. The molecule has 0 aliphatic rings. The van der Waals surface area contributed by atoms with Crippen LogP contribution < -0.4 is 5.32 Å². The maximum absolute atomic E-state index is 13.6. The van der Waals surface area contributed by atoms with Gasteiger partial charge in [0.1, 0.15) is 11.4 Å². The largest absolute Gasteiger partial charge is 0.449 e. The zero-order valence-corrected chi connectivity index (χ0v) is 12.4. The number of carbonyl (C=O) groups excluding carboxylic acids is 2. The minimum Gasteiger partial charge on any atom is -0.449 e. The first-order chi connectivity index (χ1) is 10.5. The standard InChI is InChI=1S/C16H13ClFNO3/c1-10(15(20)19-11-6-3-2-4-7-11)22-16(21)14-12(17)8-5-9-13(14)18/h2-10H,1H3,(H,19,20)/t10-/m1/s1. The normalized spacial score (nSPS) is 11.6. The van der Waals surface area contributed by atoms with E-state index in [1.165, 1.54) is 19.1 Å². The Balaban J connectivity index is 2.03. The predicted octanol–water partition coefficient (Wildman–Crippen LogP) is 3.66. The Labute approximate surface area is 131 Å². The summed E-state index contributed by atoms with van der Waals surface area (Å²) in [5.41, 5.74) is 0.183. The van der Waals surface area contributed by atoms with Gasteiger partial charge in [0.05, 0.1) is 5.02 Å². The van der Waals surface area contributed by atoms with Crippen LogP contribution in [0.15, 0.2) is 48.5 Å². The Morgan fingerprint density at radius 3 is 2.45 bits per heavy atom. The number of hydrogen-bond donors (Lipinski definition) is 1. The van der Waals surface area contributed by atoms with Crippen molar-refractivity contribution in [3.63, 3.8) is 0 Å². The summed E-state index contributed by atoms with van der Waals surface area (Å²) in [6.45, 7) is 1.39. The molecule has 0 bridgehead atoms. The lowest BCUT2D eigenvalue weighted by Crippen LogP contribution is -2.30. The van der Waals surface area contributed by atoms with Gasteiger partial charge in [0.15, 0.2) is 6.10 Å². The summed E-state index contributed by atoms with van der Waals surface area (Å²) in [5, 5.41) is 2.52. The Morgan fingerprint density at radius 1 is 1.14 bits per heavy atom. The van der Waals surface area contributed by atoms with Crippen molar-refractivity contribution in [1.29, 1.82) is 0 Å². The molecule has 0 saturated heterocycles. The monoisotopic (exact) mass is 321 g/mol. The van der Waals surface area contributed by atoms with Gasteiger partial charge in [-0.1, -0.05) is 35.9 Å². The minimum atomic E-state index is -1.09. The first-order valence-electron chi connectivity index (χ1n) is 6.50. The van der Waals surface area contributed by atoms with Gasteiger partial charge in [0.25, 0.3) is 5.91 Å². The molecule has 0 aromatic heterocycles. The van der Waals surface area contributed by atoms with Crippen molar-refractivity contribution in [2.75, 3.05) is 5.32 Å². The number of esters is 1. The molecule has 4 nitrogen and oxygen atoms in total. The van der Waals surface area contributed by atoms with Crippen LogP contribution in [0, 0.1) is 5.82 Å². The lowest BCUT2D eigenvalue weighted by molar-refractivity contribution is -0.123. The second-order valence-corrected chi connectivity index (χ2v) is 4.91. The van der Waals surface area contributed by atoms with Crippen LogP contribution in [0.25, 0.3) is 0 Å². The summed E-state index contributed by atoms with van der Waals surface area (Å²) in [5.74, 6) is -2.31. The molecule has 2 aromatic carbocycles. The number of halogens is 2. The van der Waals surface area contributed by atoms with Crippen LogP contribution in [0.2, 0.25) is 5.02 Å². The van der Waals surface area contributed by atoms with E-state index in [-0.39, 0.29) is 10.6 Å². The number of amides is 1. The van der Waals surface area contributed by atoms with Crippen LogP contribution in [0.3, 0.4) is 0 Å². The molecule has 0 radical (unpaired) electrons. The van der Waals surface area contributed by atoms with Crippen LogP contribution in [0.1, 0.15) is 17.3 Å². The Morgan fingerprint density at radius 2 is 1.82 bits per heavy atom. The Hall–Kier alpha value is -2.40. The summed E-state index contributed by atoms with van der Waals surface area (Å²) in [7, 11) is 0. The second kappa shape index (κ2) is 7.04. The summed E-state index contributed by atoms with van der Waals surface area (Å²) < 4.78 is 18.6. The number of anilines is 1. The number of benzene rings is 2. The van der Waals surface area contributed by atoms with Gasteiger partial charge in [-0.3, -0.25) is 4.79 Å². The number of nitrogens with one attached hydrogen (secondary N) is 1. The van der Waals surface area contributed by atoms with Crippen molar-refractivity contribution >= 4 is 29.2 Å². The van der Waals surface area contributed by atoms with Crippen LogP contribution in [-0.2, 0) is 9.53 Å². The molecule has 114 valence electrons. The first kappa shape index (κ1) is 16.0. The molecule has 1 amide bonds. The molecule has 0 heterocycles. The Bertz CT molecular complexity index is 671. The molecule has 22 heavy (non-hydrogen) atoms. The first-order valence-corrected chi connectivity index (χ1v) is 6.87. The molecule has 2 rings (SSSR count). The third-order valence-corrected chi connectivity index (χ3v) is 3.18. The highest BCUT2D eigenvalue weighted by Crippen LogP contribution is 2.20. The van der Waals surface area contributed by atoms with Crippen LogP contribution in [-0.4, -0.2) is 18.0 Å². The van der Waals surface area contributed by atoms with Gasteiger partial charge in [-0.05, 0) is 31.2 Å². The molecule has 0 fully saturated rings. The summed E-state index contributed by atoms with van der Waals surface area (Å²) in [4.78, 5) is 23.9. The minimum absolute atomic E-state index is 0.0688. The van der Waals surface area contributed by atoms with Crippen molar-refractivity contribution in [1.82, 2.24) is 0 Å². The van der Waals surface area contributed by atoms with E-state index in [4.69, 9.17) is 16.3 Å². The van der Waals surface area contributed by atoms with E-state index in [0.29, 0.717) is 5.69 Å². The van der Waals surface area contributed by atoms with Crippen molar-refractivity contribution in [2.45, 2.75) is 13.0 Å². The van der Waals surface area contributed by atoms with E-state index in [1.54, 1.807) is 30.3 Å². The molecule has 2 aromatic rings. The molecule has 0 aliphatic carbocycles. The van der Waals surface area contributed by atoms with Gasteiger partial charge in [-0.15, -0.1) is 0 Å². The number of carbonyl (C=O) groups is 2. The van der Waals surface area contributed by atoms with Crippen LogP contribution in [0.5, 0.6) is 0 Å². The van der Waals surface area contributed by atoms with Gasteiger partial charge in [-0.25, -0.2) is 9.18 Å². The molecule has 1 N–H and O–H groups in total. The maximum Gasteiger partial charge on any atom is 0.343 e. The average Bonchev–Trinajstić information content (AvgIpc) is 2.48. The highest BCUT2D eigenvalue weighted by atomic mass is 35.5. The van der Waals surface area contributed by atoms with Gasteiger partial charge < -0.3 is 10.1 Å². The van der Waals surface area contributed by atoms with Crippen molar-refractivity contribution in [3.8, 4) is 0 Å². The molecule has 0 spiro atoms. The van der Waals surface area contributed by atoms with Crippen molar-refractivity contribution < 1.29 is 18.7 Å². The van der Waals surface area contributed by atoms with Gasteiger partial charge in [-0.2, -0.15) is 0 Å². The average molecular weight is 322 g/mol. The van der Waals surface area contributed by atoms with E-state index >= 15 is 0 Å². The van der Waals surface area contributed by atoms with Crippen molar-refractivity contribution in [2.24, 2.45) is 0 Å². The summed E-state index contributed by atoms with van der Waals surface area (Å²) in [6.07, 6.45) is -1.09. The molecule has 0 saturated carbocycles. The molecule has 0 aliphatic heterocycles. The van der Waals surface area contributed by atoms with Gasteiger partial charge >= 0.3 is 5.97 Å². The molecule has 6 heteroatoms. The van der Waals surface area contributed by atoms with E-state index < -0.39 is 23.8 Å². The molecular weight excluding hydrogens is 309 g/mol. The smallest absolute Gasteiger partial charge is 0.343 e. The second-order valence-electron chi connectivity index (χ2n) is 4.50. The Kier molecular flexibility index (Phi) is 5.12. The van der Waals surface area contributed by atoms with E-state index in [1.807, 2.05) is 0 Å². The molecule has 1 atom stereocenters. The highest BCUT2D eigenvalue weighted by Gasteiger charge is 2.23. The predicted molar refractivity (Wildman–Crippen MR) is 81.4 cm³/mol. The van der Waals surface area contributed by atoms with Gasteiger partial charge in [0, 0.05) is 5.69 Å². The zero-order chi connectivity index (χ0) is 16.1. The van der Waals surface area contributed by atoms with Crippen LogP contribution in [0.4, 0.5) is 10.1 Å². The number of ether oxygens (including phenoxy) is 1. The zero-order valence-electron chi connectivity index (χ0n) is 11.7. The quantitative estimate of drug-likeness (QED) is 0.874. The third-order valence-electron chi connectivity index (χ3n) is 2.86. The lowest BCUT2D eigenvalue weighted by atomic mass is 10.2. The topological polar surface area (TPSA) is 55.4 Å². The SMILES string of the molecule is C[C@@H](OC(=O)c1c(F)cccc1Cl)C(=O)Nc1ccccc1.